The molecule has 0 atom stereocenters. The highest BCUT2D eigenvalue weighted by atomic mass is 32.2. The molecular formula is C19H32N4O3S. The number of sulfonamides is 1. The monoisotopic (exact) mass is 396 g/mol. The molecule has 27 heavy (non-hydrogen) atoms. The van der Waals surface area contributed by atoms with E-state index in [0.717, 1.165) is 31.7 Å². The first kappa shape index (κ1) is 21.7. The summed E-state index contributed by atoms with van der Waals surface area (Å²) in [5, 5.41) is 11.9. The Morgan fingerprint density at radius 2 is 2.04 bits per heavy atom. The fraction of sp³-hybridized carbons (Fsp3) is 0.632. The third kappa shape index (κ3) is 6.79. The van der Waals surface area contributed by atoms with Crippen molar-refractivity contribution >= 4 is 16.0 Å². The van der Waals surface area contributed by atoms with Crippen LogP contribution in [0, 0.1) is 5.41 Å². The maximum atomic E-state index is 11.5. The molecule has 1 aromatic carbocycles. The van der Waals surface area contributed by atoms with E-state index in [4.69, 9.17) is 9.88 Å². The molecular weight excluding hydrogens is 364 g/mol. The van der Waals surface area contributed by atoms with Crippen LogP contribution in [-0.4, -0.2) is 41.2 Å². The van der Waals surface area contributed by atoms with Crippen molar-refractivity contribution < 1.29 is 13.2 Å². The predicted molar refractivity (Wildman–Crippen MR) is 108 cm³/mol. The summed E-state index contributed by atoms with van der Waals surface area (Å²) in [5.41, 5.74) is 1.09. The molecule has 0 aromatic heterocycles. The Morgan fingerprint density at radius 3 is 2.67 bits per heavy atom. The molecule has 2 rings (SSSR count). The van der Waals surface area contributed by atoms with Crippen molar-refractivity contribution in [1.82, 2.24) is 10.6 Å². The minimum Gasteiger partial charge on any atom is -0.382 e. The molecule has 0 amide bonds. The van der Waals surface area contributed by atoms with Crippen LogP contribution >= 0.6 is 0 Å². The summed E-state index contributed by atoms with van der Waals surface area (Å²) in [4.78, 5) is 4.40. The van der Waals surface area contributed by atoms with Gasteiger partial charge in [-0.25, -0.2) is 13.6 Å². The average Bonchev–Trinajstić information content (AvgIpc) is 3.11. The van der Waals surface area contributed by atoms with Crippen molar-refractivity contribution in [3.8, 4) is 0 Å². The van der Waals surface area contributed by atoms with Crippen LogP contribution in [0.25, 0.3) is 0 Å². The molecule has 1 aromatic rings. The summed E-state index contributed by atoms with van der Waals surface area (Å²) in [6.45, 7) is 4.90. The first-order valence-corrected chi connectivity index (χ1v) is 11.1. The smallest absolute Gasteiger partial charge is 0.238 e. The molecule has 0 radical (unpaired) electrons. The van der Waals surface area contributed by atoms with Crippen molar-refractivity contribution in [1.29, 1.82) is 0 Å². The number of primary sulfonamides is 1. The molecule has 0 saturated heterocycles. The Kier molecular flexibility index (Phi) is 8.07. The third-order valence-corrected chi connectivity index (χ3v) is 6.10. The zero-order valence-electron chi connectivity index (χ0n) is 16.3. The van der Waals surface area contributed by atoms with E-state index in [1.54, 1.807) is 19.2 Å². The number of nitrogens with zero attached hydrogens (tertiary/aromatic N) is 1. The second-order valence-electron chi connectivity index (χ2n) is 7.13. The van der Waals surface area contributed by atoms with Gasteiger partial charge in [0.1, 0.15) is 0 Å². The van der Waals surface area contributed by atoms with Gasteiger partial charge in [0.05, 0.1) is 4.90 Å². The summed E-state index contributed by atoms with van der Waals surface area (Å²) in [6, 6.07) is 6.62. The molecule has 0 spiro atoms. The van der Waals surface area contributed by atoms with Gasteiger partial charge in [-0.15, -0.1) is 0 Å². The highest BCUT2D eigenvalue weighted by Gasteiger charge is 2.33. The number of aliphatic imine (C=N–C) groups is 1. The molecule has 1 aliphatic carbocycles. The molecule has 1 aliphatic rings. The largest absolute Gasteiger partial charge is 0.382 e. The second kappa shape index (κ2) is 10.1. The van der Waals surface area contributed by atoms with E-state index < -0.39 is 10.0 Å². The Balaban J connectivity index is 1.90. The van der Waals surface area contributed by atoms with Gasteiger partial charge in [0, 0.05) is 33.4 Å². The van der Waals surface area contributed by atoms with Gasteiger partial charge in [-0.2, -0.15) is 0 Å². The topological polar surface area (TPSA) is 106 Å². The fourth-order valence-corrected chi connectivity index (χ4v) is 4.17. The lowest BCUT2D eigenvalue weighted by molar-refractivity contribution is 0.105. The average molecular weight is 397 g/mol. The van der Waals surface area contributed by atoms with Crippen LogP contribution < -0.4 is 15.8 Å². The molecule has 0 aliphatic heterocycles. The number of guanidine groups is 1. The van der Waals surface area contributed by atoms with E-state index in [2.05, 4.69) is 15.6 Å². The number of benzene rings is 1. The van der Waals surface area contributed by atoms with Crippen LogP contribution in [0.4, 0.5) is 0 Å². The van der Waals surface area contributed by atoms with Gasteiger partial charge in [-0.1, -0.05) is 25.0 Å². The first-order valence-electron chi connectivity index (χ1n) is 9.52. The second-order valence-corrected chi connectivity index (χ2v) is 8.69. The maximum absolute atomic E-state index is 11.5. The number of nitrogens with two attached hydrogens (primary N) is 1. The lowest BCUT2D eigenvalue weighted by Gasteiger charge is -2.30. The molecule has 152 valence electrons. The summed E-state index contributed by atoms with van der Waals surface area (Å²) in [6.07, 6.45) is 6.00. The van der Waals surface area contributed by atoms with Crippen LogP contribution in [0.3, 0.4) is 0 Å². The van der Waals surface area contributed by atoms with E-state index in [-0.39, 0.29) is 10.3 Å². The van der Waals surface area contributed by atoms with Crippen LogP contribution in [0.5, 0.6) is 0 Å². The molecule has 0 heterocycles. The Bertz CT molecular complexity index is 728. The zero-order valence-corrected chi connectivity index (χ0v) is 17.1. The molecule has 1 saturated carbocycles. The SMILES string of the molecule is CCOCCC1(CNC(=NC)NCc2cccc(S(N)(=O)=O)c2)CCCC1. The fourth-order valence-electron chi connectivity index (χ4n) is 3.58. The van der Waals surface area contributed by atoms with Crippen LogP contribution in [0.2, 0.25) is 0 Å². The summed E-state index contributed by atoms with van der Waals surface area (Å²) < 4.78 is 28.5. The van der Waals surface area contributed by atoms with Gasteiger partial charge in [-0.05, 0) is 49.3 Å². The quantitative estimate of drug-likeness (QED) is 0.336. The number of hydrogen-bond donors (Lipinski definition) is 3. The van der Waals surface area contributed by atoms with E-state index >= 15 is 0 Å². The molecule has 0 unspecified atom stereocenters. The first-order chi connectivity index (χ1) is 12.9. The molecule has 7 nitrogen and oxygen atoms in total. The zero-order chi connectivity index (χ0) is 19.8. The maximum Gasteiger partial charge on any atom is 0.238 e. The van der Waals surface area contributed by atoms with E-state index in [1.807, 2.05) is 13.0 Å². The number of ether oxygens (including phenoxy) is 1. The van der Waals surface area contributed by atoms with Gasteiger partial charge < -0.3 is 15.4 Å². The minimum atomic E-state index is -3.70. The van der Waals surface area contributed by atoms with Gasteiger partial charge in [0.25, 0.3) is 0 Å². The minimum absolute atomic E-state index is 0.116. The van der Waals surface area contributed by atoms with Crippen molar-refractivity contribution in [3.63, 3.8) is 0 Å². The summed E-state index contributed by atoms with van der Waals surface area (Å²) >= 11 is 0. The Morgan fingerprint density at radius 1 is 1.30 bits per heavy atom. The van der Waals surface area contributed by atoms with Crippen LogP contribution in [0.15, 0.2) is 34.2 Å². The third-order valence-electron chi connectivity index (χ3n) is 5.19. The normalized spacial score (nSPS) is 17.1. The van der Waals surface area contributed by atoms with Crippen molar-refractivity contribution in [3.05, 3.63) is 29.8 Å². The highest BCUT2D eigenvalue weighted by molar-refractivity contribution is 7.89. The van der Waals surface area contributed by atoms with E-state index in [1.165, 1.54) is 31.7 Å². The van der Waals surface area contributed by atoms with Gasteiger partial charge >= 0.3 is 0 Å². The van der Waals surface area contributed by atoms with E-state index in [0.29, 0.717) is 12.5 Å². The predicted octanol–water partition coefficient (Wildman–Crippen LogP) is 1.99. The van der Waals surface area contributed by atoms with Crippen molar-refractivity contribution in [2.45, 2.75) is 50.5 Å². The molecule has 4 N–H and O–H groups in total. The summed E-state index contributed by atoms with van der Waals surface area (Å²) in [5.74, 6) is 0.707. The number of rotatable bonds is 9. The van der Waals surface area contributed by atoms with Gasteiger partial charge in [0.15, 0.2) is 5.96 Å². The Labute approximate surface area is 162 Å². The van der Waals surface area contributed by atoms with Gasteiger partial charge in [0.2, 0.25) is 10.0 Å². The van der Waals surface area contributed by atoms with Crippen LogP contribution in [-0.2, 0) is 21.3 Å². The standard InChI is InChI=1S/C19H32N4O3S/c1-3-26-12-11-19(9-4-5-10-19)15-23-18(21-2)22-14-16-7-6-8-17(13-16)27(20,24)25/h6-8,13H,3-5,9-12,14-15H2,1-2H3,(H2,20,24,25)(H2,21,22,23). The lowest BCUT2D eigenvalue weighted by Crippen LogP contribution is -2.43. The highest BCUT2D eigenvalue weighted by Crippen LogP contribution is 2.40. The number of hydrogen-bond acceptors (Lipinski definition) is 4. The van der Waals surface area contributed by atoms with Crippen molar-refractivity contribution in [2.24, 2.45) is 15.5 Å². The number of nitrogens with one attached hydrogen (secondary N) is 2. The molecule has 0 bridgehead atoms. The summed E-state index contributed by atoms with van der Waals surface area (Å²) in [7, 11) is -1.96. The lowest BCUT2D eigenvalue weighted by atomic mass is 9.83. The van der Waals surface area contributed by atoms with Crippen molar-refractivity contribution in [2.75, 3.05) is 26.8 Å². The van der Waals surface area contributed by atoms with E-state index in [9.17, 15) is 8.42 Å². The Hall–Kier alpha value is -1.64. The molecule has 8 heteroatoms. The van der Waals surface area contributed by atoms with Gasteiger partial charge in [-0.3, -0.25) is 4.99 Å². The van der Waals surface area contributed by atoms with Crippen LogP contribution in [0.1, 0.15) is 44.6 Å². The molecule has 1 fully saturated rings.